The number of hydrazone groups is 1. The molecular weight excluding hydrogens is 441 g/mol. The standard InChI is InChI=1S/C23H22ClF3N4O/c1-22(12-2-3-13-28)15-31(30-21(22)16-4-8-18(24)9-5-16)14-20(32)29-19-10-6-17(7-11-19)23(25,26)27/h4-11H,2-3,12,14-15H2,1H3,(H,29,32). The fraction of sp³-hybridized carbons (Fsp3) is 0.348. The Morgan fingerprint density at radius 1 is 1.22 bits per heavy atom. The van der Waals surface area contributed by atoms with E-state index in [0.717, 1.165) is 29.8 Å². The second-order valence-corrected chi connectivity index (χ2v) is 8.41. The number of nitrogens with zero attached hydrogens (tertiary/aromatic N) is 3. The van der Waals surface area contributed by atoms with Crippen molar-refractivity contribution >= 4 is 28.9 Å². The lowest BCUT2D eigenvalue weighted by atomic mass is 9.78. The van der Waals surface area contributed by atoms with Crippen LogP contribution in [0.15, 0.2) is 53.6 Å². The smallest absolute Gasteiger partial charge is 0.324 e. The summed E-state index contributed by atoms with van der Waals surface area (Å²) < 4.78 is 38.1. The number of nitrogens with one attached hydrogen (secondary N) is 1. The Morgan fingerprint density at radius 3 is 2.47 bits per heavy atom. The van der Waals surface area contributed by atoms with E-state index in [1.165, 1.54) is 12.1 Å². The molecule has 1 atom stereocenters. The van der Waals surface area contributed by atoms with Gasteiger partial charge in [0, 0.05) is 29.1 Å². The topological polar surface area (TPSA) is 68.5 Å². The Hall–Kier alpha value is -3.05. The number of halogens is 4. The van der Waals surface area contributed by atoms with Gasteiger partial charge in [0.2, 0.25) is 5.91 Å². The molecule has 0 saturated carbocycles. The lowest BCUT2D eigenvalue weighted by Gasteiger charge is -2.26. The second kappa shape index (κ2) is 9.61. The minimum absolute atomic E-state index is 0.0497. The van der Waals surface area contributed by atoms with Gasteiger partial charge >= 0.3 is 6.18 Å². The lowest BCUT2D eigenvalue weighted by molar-refractivity contribution is -0.137. The molecule has 0 fully saturated rings. The van der Waals surface area contributed by atoms with Crippen LogP contribution in [0, 0.1) is 16.7 Å². The molecule has 9 heteroatoms. The van der Waals surface area contributed by atoms with Gasteiger partial charge in [0.05, 0.1) is 17.3 Å². The quantitative estimate of drug-likeness (QED) is 0.535. The average Bonchev–Trinajstić information content (AvgIpc) is 3.04. The van der Waals surface area contributed by atoms with Crippen molar-refractivity contribution in [3.63, 3.8) is 0 Å². The minimum atomic E-state index is -4.43. The molecule has 1 heterocycles. The van der Waals surface area contributed by atoms with E-state index in [9.17, 15) is 18.0 Å². The molecule has 1 unspecified atom stereocenters. The summed E-state index contributed by atoms with van der Waals surface area (Å²) in [6.07, 6.45) is -2.58. The van der Waals surface area contributed by atoms with Crippen LogP contribution in [-0.2, 0) is 11.0 Å². The molecule has 2 aromatic carbocycles. The van der Waals surface area contributed by atoms with Crippen LogP contribution in [0.4, 0.5) is 18.9 Å². The molecule has 0 radical (unpaired) electrons. The van der Waals surface area contributed by atoms with Crippen LogP contribution in [0.2, 0.25) is 5.02 Å². The van der Waals surface area contributed by atoms with Crippen molar-refractivity contribution in [2.45, 2.75) is 32.4 Å². The molecule has 0 saturated heterocycles. The van der Waals surface area contributed by atoms with Crippen LogP contribution in [0.1, 0.15) is 37.3 Å². The monoisotopic (exact) mass is 462 g/mol. The summed E-state index contributed by atoms with van der Waals surface area (Å²) in [5.74, 6) is -0.384. The van der Waals surface area contributed by atoms with E-state index in [2.05, 4.69) is 16.5 Å². The number of hydrogen-bond donors (Lipinski definition) is 1. The summed E-state index contributed by atoms with van der Waals surface area (Å²) in [5.41, 5.74) is 0.842. The first kappa shape index (κ1) is 23.6. The number of amides is 1. The summed E-state index contributed by atoms with van der Waals surface area (Å²) in [5, 5.41) is 18.4. The Labute approximate surface area is 189 Å². The van der Waals surface area contributed by atoms with Gasteiger partial charge in [-0.25, -0.2) is 0 Å². The second-order valence-electron chi connectivity index (χ2n) is 7.97. The minimum Gasteiger partial charge on any atom is -0.324 e. The van der Waals surface area contributed by atoms with Gasteiger partial charge in [0.25, 0.3) is 0 Å². The highest BCUT2D eigenvalue weighted by molar-refractivity contribution is 6.30. The molecule has 5 nitrogen and oxygen atoms in total. The zero-order valence-corrected chi connectivity index (χ0v) is 18.2. The summed E-state index contributed by atoms with van der Waals surface area (Å²) in [4.78, 5) is 12.5. The highest BCUT2D eigenvalue weighted by atomic mass is 35.5. The number of rotatable bonds is 7. The van der Waals surface area contributed by atoms with Crippen LogP contribution < -0.4 is 5.32 Å². The van der Waals surface area contributed by atoms with Crippen molar-refractivity contribution in [2.75, 3.05) is 18.4 Å². The van der Waals surface area contributed by atoms with Gasteiger partial charge < -0.3 is 5.32 Å². The van der Waals surface area contributed by atoms with E-state index in [4.69, 9.17) is 16.9 Å². The Kier molecular flexibility index (Phi) is 7.09. The first-order chi connectivity index (χ1) is 15.1. The molecule has 0 spiro atoms. The number of hydrogen-bond acceptors (Lipinski definition) is 4. The number of benzene rings is 2. The number of anilines is 1. The molecule has 0 bridgehead atoms. The zero-order chi connectivity index (χ0) is 23.4. The fourth-order valence-electron chi connectivity index (χ4n) is 3.74. The first-order valence-corrected chi connectivity index (χ1v) is 10.4. The first-order valence-electron chi connectivity index (χ1n) is 10.0. The number of nitriles is 1. The van der Waals surface area contributed by atoms with Gasteiger partial charge in [-0.1, -0.05) is 30.7 Å². The Balaban J connectivity index is 1.72. The van der Waals surface area contributed by atoms with Gasteiger partial charge in [0.15, 0.2) is 0 Å². The predicted octanol–water partition coefficient (Wildman–Crippen LogP) is 5.72. The zero-order valence-electron chi connectivity index (χ0n) is 17.4. The molecule has 1 N–H and O–H groups in total. The molecule has 1 amide bonds. The van der Waals surface area contributed by atoms with E-state index >= 15 is 0 Å². The SMILES string of the molecule is CC1(CCCC#N)CN(CC(=O)Nc2ccc(C(F)(F)F)cc2)N=C1c1ccc(Cl)cc1. The molecule has 168 valence electrons. The molecule has 0 aliphatic carbocycles. The Bertz CT molecular complexity index is 1030. The van der Waals surface area contributed by atoms with Crippen molar-refractivity contribution in [3.05, 3.63) is 64.7 Å². The number of unbranched alkanes of at least 4 members (excludes halogenated alkanes) is 1. The molecule has 32 heavy (non-hydrogen) atoms. The van der Waals surface area contributed by atoms with Gasteiger partial charge in [-0.3, -0.25) is 9.80 Å². The maximum atomic E-state index is 12.7. The average molecular weight is 463 g/mol. The highest BCUT2D eigenvalue weighted by Gasteiger charge is 2.39. The van der Waals surface area contributed by atoms with Crippen molar-refractivity contribution < 1.29 is 18.0 Å². The van der Waals surface area contributed by atoms with Crippen molar-refractivity contribution in [2.24, 2.45) is 10.5 Å². The summed E-state index contributed by atoms with van der Waals surface area (Å²) in [7, 11) is 0. The largest absolute Gasteiger partial charge is 0.416 e. The van der Waals surface area contributed by atoms with Crippen LogP contribution in [0.25, 0.3) is 0 Å². The van der Waals surface area contributed by atoms with E-state index in [-0.39, 0.29) is 23.6 Å². The summed E-state index contributed by atoms with van der Waals surface area (Å²) in [6.45, 7) is 2.48. The predicted molar refractivity (Wildman–Crippen MR) is 117 cm³/mol. The molecular formula is C23H22ClF3N4O. The molecule has 0 aromatic heterocycles. The number of alkyl halides is 3. The molecule has 3 rings (SSSR count). The van der Waals surface area contributed by atoms with Crippen molar-refractivity contribution in [3.8, 4) is 6.07 Å². The number of carbonyl (C=O) groups excluding carboxylic acids is 1. The third-order valence-electron chi connectivity index (χ3n) is 5.30. The van der Waals surface area contributed by atoms with E-state index in [1.807, 2.05) is 19.1 Å². The van der Waals surface area contributed by atoms with Crippen LogP contribution in [0.3, 0.4) is 0 Å². The maximum absolute atomic E-state index is 12.7. The Morgan fingerprint density at radius 2 is 1.88 bits per heavy atom. The van der Waals surface area contributed by atoms with Crippen molar-refractivity contribution in [1.29, 1.82) is 5.26 Å². The third kappa shape index (κ3) is 5.80. The highest BCUT2D eigenvalue weighted by Crippen LogP contribution is 2.36. The van der Waals surface area contributed by atoms with Gasteiger partial charge in [-0.2, -0.15) is 23.5 Å². The van der Waals surface area contributed by atoms with E-state index < -0.39 is 11.7 Å². The molecule has 2 aromatic rings. The van der Waals surface area contributed by atoms with Crippen LogP contribution >= 0.6 is 11.6 Å². The summed E-state index contributed by atoms with van der Waals surface area (Å²) in [6, 6.07) is 13.7. The van der Waals surface area contributed by atoms with Crippen LogP contribution in [0.5, 0.6) is 0 Å². The van der Waals surface area contributed by atoms with Gasteiger partial charge in [-0.15, -0.1) is 0 Å². The van der Waals surface area contributed by atoms with E-state index in [0.29, 0.717) is 24.4 Å². The van der Waals surface area contributed by atoms with Gasteiger partial charge in [-0.05, 0) is 54.8 Å². The fourth-order valence-corrected chi connectivity index (χ4v) is 3.87. The molecule has 1 aliphatic rings. The maximum Gasteiger partial charge on any atom is 0.416 e. The third-order valence-corrected chi connectivity index (χ3v) is 5.55. The van der Waals surface area contributed by atoms with Crippen LogP contribution in [-0.4, -0.2) is 29.7 Å². The normalized spacial score (nSPS) is 18.2. The van der Waals surface area contributed by atoms with E-state index in [1.54, 1.807) is 17.1 Å². The number of carbonyl (C=O) groups is 1. The van der Waals surface area contributed by atoms with Crippen molar-refractivity contribution in [1.82, 2.24) is 5.01 Å². The van der Waals surface area contributed by atoms with Gasteiger partial charge in [0.1, 0.15) is 6.54 Å². The summed E-state index contributed by atoms with van der Waals surface area (Å²) >= 11 is 6.00. The molecule has 1 aliphatic heterocycles. The lowest BCUT2D eigenvalue weighted by Crippen LogP contribution is -2.34.